The van der Waals surface area contributed by atoms with Crippen molar-refractivity contribution < 1.29 is 23.8 Å². The summed E-state index contributed by atoms with van der Waals surface area (Å²) >= 11 is 0. The van der Waals surface area contributed by atoms with Gasteiger partial charge in [-0.2, -0.15) is 0 Å². The molecule has 144 valence electrons. The van der Waals surface area contributed by atoms with Crippen LogP contribution >= 0.6 is 0 Å². The summed E-state index contributed by atoms with van der Waals surface area (Å²) in [4.78, 5) is 25.7. The second-order valence-electron chi connectivity index (χ2n) is 9.47. The molecule has 3 fully saturated rings. The average molecular weight is 362 g/mol. The van der Waals surface area contributed by atoms with Crippen molar-refractivity contribution in [3.63, 3.8) is 0 Å². The molecule has 0 aromatic heterocycles. The fraction of sp³-hybridized carbons (Fsp3) is 0.810. The van der Waals surface area contributed by atoms with Gasteiger partial charge in [0, 0.05) is 0 Å². The van der Waals surface area contributed by atoms with Crippen molar-refractivity contribution in [3.05, 3.63) is 12.2 Å². The zero-order valence-corrected chi connectivity index (χ0v) is 16.4. The van der Waals surface area contributed by atoms with E-state index in [2.05, 4.69) is 20.8 Å². The minimum absolute atomic E-state index is 0.0734. The highest BCUT2D eigenvalue weighted by molar-refractivity contribution is 5.88. The fourth-order valence-corrected chi connectivity index (χ4v) is 5.55. The summed E-state index contributed by atoms with van der Waals surface area (Å²) in [5.74, 6) is -0.435. The fourth-order valence-electron chi connectivity index (χ4n) is 5.55. The number of fused-ring (bicyclic) bond motifs is 1. The lowest BCUT2D eigenvalue weighted by atomic mass is 9.71. The predicted octanol–water partition coefficient (Wildman–Crippen LogP) is 3.27. The second kappa shape index (κ2) is 5.82. The predicted molar refractivity (Wildman–Crippen MR) is 95.1 cm³/mol. The lowest BCUT2D eigenvalue weighted by Crippen LogP contribution is -2.48. The number of ether oxygens (including phenoxy) is 3. The number of hydrogen-bond donors (Lipinski definition) is 0. The molecule has 4 rings (SSSR count). The van der Waals surface area contributed by atoms with Gasteiger partial charge in [-0.1, -0.05) is 33.3 Å². The molecule has 2 bridgehead atoms. The maximum atomic E-state index is 13.1. The van der Waals surface area contributed by atoms with Crippen LogP contribution in [-0.2, 0) is 23.8 Å². The Balaban J connectivity index is 1.56. The molecule has 26 heavy (non-hydrogen) atoms. The summed E-state index contributed by atoms with van der Waals surface area (Å²) in [6, 6.07) is 0. The molecule has 4 aliphatic rings. The molecule has 5 nitrogen and oxygen atoms in total. The van der Waals surface area contributed by atoms with E-state index in [9.17, 15) is 9.59 Å². The van der Waals surface area contributed by atoms with Gasteiger partial charge in [-0.15, -0.1) is 0 Å². The van der Waals surface area contributed by atoms with Crippen LogP contribution in [0.5, 0.6) is 0 Å². The van der Waals surface area contributed by atoms with Crippen LogP contribution in [0.1, 0.15) is 53.9 Å². The van der Waals surface area contributed by atoms with Crippen LogP contribution in [0.3, 0.4) is 0 Å². The third kappa shape index (κ3) is 2.39. The van der Waals surface area contributed by atoms with E-state index >= 15 is 0 Å². The van der Waals surface area contributed by atoms with E-state index in [1.165, 1.54) is 6.42 Å². The second-order valence-corrected chi connectivity index (χ2v) is 9.47. The van der Waals surface area contributed by atoms with Gasteiger partial charge in [0.25, 0.3) is 0 Å². The lowest BCUT2D eigenvalue weighted by Gasteiger charge is -2.37. The molecule has 1 saturated carbocycles. The number of carbonyl (C=O) groups excluding carboxylic acids is 2. The SMILES string of the molecule is CC(C)[C@H]1CC[C@H](C)C[C@@H]1OC(=O)[C@@H]1[C@H]2C(=O)OC(C)(C)[C@]23C=C[C@H]1O3. The zero-order valence-electron chi connectivity index (χ0n) is 16.4. The van der Waals surface area contributed by atoms with Crippen LogP contribution < -0.4 is 0 Å². The zero-order chi connectivity index (χ0) is 18.9. The molecule has 0 aromatic rings. The van der Waals surface area contributed by atoms with Crippen molar-refractivity contribution in [2.75, 3.05) is 0 Å². The summed E-state index contributed by atoms with van der Waals surface area (Å²) < 4.78 is 17.7. The van der Waals surface area contributed by atoms with Crippen LogP contribution in [0.4, 0.5) is 0 Å². The van der Waals surface area contributed by atoms with Crippen LogP contribution in [0.25, 0.3) is 0 Å². The topological polar surface area (TPSA) is 61.8 Å². The van der Waals surface area contributed by atoms with E-state index in [4.69, 9.17) is 14.2 Å². The molecular weight excluding hydrogens is 332 g/mol. The van der Waals surface area contributed by atoms with E-state index in [0.29, 0.717) is 17.8 Å². The van der Waals surface area contributed by atoms with Crippen molar-refractivity contribution >= 4 is 11.9 Å². The highest BCUT2D eigenvalue weighted by Crippen LogP contribution is 2.58. The molecule has 5 heteroatoms. The molecule has 0 amide bonds. The summed E-state index contributed by atoms with van der Waals surface area (Å²) in [6.07, 6.45) is 6.51. The van der Waals surface area contributed by atoms with Crippen molar-refractivity contribution in [3.8, 4) is 0 Å². The van der Waals surface area contributed by atoms with Crippen LogP contribution in [0.2, 0.25) is 0 Å². The highest BCUT2D eigenvalue weighted by atomic mass is 16.6. The molecule has 2 saturated heterocycles. The number of hydrogen-bond acceptors (Lipinski definition) is 5. The Morgan fingerprint density at radius 2 is 2.04 bits per heavy atom. The van der Waals surface area contributed by atoms with Crippen LogP contribution in [0, 0.1) is 29.6 Å². The van der Waals surface area contributed by atoms with Gasteiger partial charge in [-0.25, -0.2) is 0 Å². The largest absolute Gasteiger partial charge is 0.462 e. The van der Waals surface area contributed by atoms with Crippen molar-refractivity contribution in [2.24, 2.45) is 29.6 Å². The summed E-state index contributed by atoms with van der Waals surface area (Å²) in [6.45, 7) is 10.3. The molecule has 1 aliphatic carbocycles. The number of esters is 2. The molecule has 0 radical (unpaired) electrons. The number of carbonyl (C=O) groups is 2. The maximum Gasteiger partial charge on any atom is 0.314 e. The molecule has 3 heterocycles. The van der Waals surface area contributed by atoms with Gasteiger partial charge in [0.2, 0.25) is 0 Å². The monoisotopic (exact) mass is 362 g/mol. The van der Waals surface area contributed by atoms with Crippen LogP contribution in [-0.4, -0.2) is 35.3 Å². The maximum absolute atomic E-state index is 13.1. The summed E-state index contributed by atoms with van der Waals surface area (Å²) in [5, 5.41) is 0. The van der Waals surface area contributed by atoms with Crippen molar-refractivity contribution in [1.82, 2.24) is 0 Å². The lowest BCUT2D eigenvalue weighted by molar-refractivity contribution is -0.169. The van der Waals surface area contributed by atoms with E-state index in [1.54, 1.807) is 0 Å². The highest BCUT2D eigenvalue weighted by Gasteiger charge is 2.74. The first-order valence-electron chi connectivity index (χ1n) is 9.97. The standard InChI is InChI=1S/C21H30O5/c1-11(2)13-7-6-12(3)10-15(13)24-18(22)16-14-8-9-21(25-14)17(16)19(23)26-20(21,4)5/h8-9,11-17H,6-7,10H2,1-5H3/t12-,13+,14+,15-,16-,17-,21-/m0/s1. The number of cyclic esters (lactones) is 1. The molecular formula is C21H30O5. The van der Waals surface area contributed by atoms with Gasteiger partial charge in [-0.05, 0) is 50.5 Å². The first-order valence-corrected chi connectivity index (χ1v) is 9.97. The molecule has 0 N–H and O–H groups in total. The first kappa shape index (κ1) is 18.0. The Morgan fingerprint density at radius 3 is 2.73 bits per heavy atom. The van der Waals surface area contributed by atoms with E-state index in [0.717, 1.165) is 12.8 Å². The number of rotatable bonds is 3. The molecule has 1 spiro atoms. The minimum atomic E-state index is -0.838. The quantitative estimate of drug-likeness (QED) is 0.570. The van der Waals surface area contributed by atoms with Gasteiger partial charge in [-0.3, -0.25) is 9.59 Å². The first-order chi connectivity index (χ1) is 12.2. The Morgan fingerprint density at radius 1 is 1.31 bits per heavy atom. The summed E-state index contributed by atoms with van der Waals surface area (Å²) in [7, 11) is 0. The molecule has 0 aromatic carbocycles. The Labute approximate surface area is 155 Å². The average Bonchev–Trinajstić information content (AvgIpc) is 3.16. The van der Waals surface area contributed by atoms with Gasteiger partial charge in [0.05, 0.1) is 6.10 Å². The summed E-state index contributed by atoms with van der Waals surface area (Å²) in [5.41, 5.74) is -1.61. The molecule has 3 aliphatic heterocycles. The smallest absolute Gasteiger partial charge is 0.314 e. The third-order valence-corrected chi connectivity index (χ3v) is 7.09. The van der Waals surface area contributed by atoms with Gasteiger partial charge in [0.15, 0.2) is 0 Å². The van der Waals surface area contributed by atoms with E-state index in [1.807, 2.05) is 26.0 Å². The van der Waals surface area contributed by atoms with Crippen molar-refractivity contribution in [1.29, 1.82) is 0 Å². The Kier molecular flexibility index (Phi) is 4.03. The van der Waals surface area contributed by atoms with Crippen LogP contribution in [0.15, 0.2) is 12.2 Å². The normalized spacial score (nSPS) is 45.7. The molecule has 7 atom stereocenters. The minimum Gasteiger partial charge on any atom is -0.462 e. The Bertz CT molecular complexity index is 651. The third-order valence-electron chi connectivity index (χ3n) is 7.09. The van der Waals surface area contributed by atoms with E-state index in [-0.39, 0.29) is 18.0 Å². The molecule has 0 unspecified atom stereocenters. The van der Waals surface area contributed by atoms with Gasteiger partial charge in [0.1, 0.15) is 29.1 Å². The van der Waals surface area contributed by atoms with Gasteiger partial charge >= 0.3 is 11.9 Å². The van der Waals surface area contributed by atoms with E-state index < -0.39 is 29.1 Å². The van der Waals surface area contributed by atoms with Gasteiger partial charge < -0.3 is 14.2 Å². The van der Waals surface area contributed by atoms with Crippen molar-refractivity contribution in [2.45, 2.75) is 77.3 Å². The Hall–Kier alpha value is -1.36.